The molecular formula is C14H18BrNO3. The van der Waals surface area contributed by atoms with E-state index < -0.39 is 0 Å². The number of alkyl halides is 1. The number of amides is 1. The number of hydrogen-bond donors (Lipinski definition) is 1. The first-order chi connectivity index (χ1) is 9.03. The van der Waals surface area contributed by atoms with E-state index in [4.69, 9.17) is 4.74 Å². The summed E-state index contributed by atoms with van der Waals surface area (Å²) in [4.78, 5) is 13.1. The van der Waals surface area contributed by atoms with Crippen LogP contribution in [0.2, 0.25) is 0 Å². The van der Waals surface area contributed by atoms with Gasteiger partial charge in [-0.3, -0.25) is 4.79 Å². The Kier molecular flexibility index (Phi) is 5.89. The van der Waals surface area contributed by atoms with Gasteiger partial charge in [0.1, 0.15) is 0 Å². The summed E-state index contributed by atoms with van der Waals surface area (Å²) < 4.78 is 5.14. The molecule has 0 aliphatic heterocycles. The van der Waals surface area contributed by atoms with Crippen molar-refractivity contribution in [1.82, 2.24) is 4.90 Å². The molecule has 1 amide bonds. The maximum absolute atomic E-state index is 11.5. The van der Waals surface area contributed by atoms with Gasteiger partial charge in [-0.15, -0.1) is 6.58 Å². The molecule has 0 heterocycles. The number of hydrogen-bond acceptors (Lipinski definition) is 3. The SMILES string of the molecule is C=CCc1cc(CN(C)C(=O)CBr)cc(OC)c1O. The summed E-state index contributed by atoms with van der Waals surface area (Å²) in [5, 5.41) is 10.3. The Morgan fingerprint density at radius 2 is 2.26 bits per heavy atom. The summed E-state index contributed by atoms with van der Waals surface area (Å²) in [6.07, 6.45) is 2.26. The third kappa shape index (κ3) is 3.99. The van der Waals surface area contributed by atoms with Gasteiger partial charge >= 0.3 is 0 Å². The van der Waals surface area contributed by atoms with Crippen LogP contribution >= 0.6 is 15.9 Å². The van der Waals surface area contributed by atoms with E-state index in [1.165, 1.54) is 7.11 Å². The second kappa shape index (κ2) is 7.19. The molecule has 0 aliphatic carbocycles. The summed E-state index contributed by atoms with van der Waals surface area (Å²) in [6, 6.07) is 3.59. The molecule has 0 unspecified atom stereocenters. The summed E-state index contributed by atoms with van der Waals surface area (Å²) in [7, 11) is 3.24. The highest BCUT2D eigenvalue weighted by molar-refractivity contribution is 9.09. The number of allylic oxidation sites excluding steroid dienone is 1. The second-order valence-corrected chi connectivity index (χ2v) is 4.74. The van der Waals surface area contributed by atoms with Crippen molar-refractivity contribution in [2.75, 3.05) is 19.5 Å². The molecule has 104 valence electrons. The van der Waals surface area contributed by atoms with E-state index in [0.717, 1.165) is 11.1 Å². The molecule has 0 atom stereocenters. The van der Waals surface area contributed by atoms with Crippen LogP contribution in [0.4, 0.5) is 0 Å². The molecule has 0 saturated carbocycles. The Balaban J connectivity index is 3.04. The first kappa shape index (κ1) is 15.6. The van der Waals surface area contributed by atoms with Crippen molar-refractivity contribution < 1.29 is 14.6 Å². The number of carbonyl (C=O) groups is 1. The van der Waals surface area contributed by atoms with Crippen LogP contribution in [0.5, 0.6) is 11.5 Å². The molecule has 0 saturated heterocycles. The topological polar surface area (TPSA) is 49.8 Å². The van der Waals surface area contributed by atoms with E-state index in [1.54, 1.807) is 24.1 Å². The maximum atomic E-state index is 11.5. The van der Waals surface area contributed by atoms with Crippen molar-refractivity contribution in [3.05, 3.63) is 35.9 Å². The highest BCUT2D eigenvalue weighted by Gasteiger charge is 2.13. The van der Waals surface area contributed by atoms with E-state index in [-0.39, 0.29) is 17.0 Å². The van der Waals surface area contributed by atoms with E-state index in [1.807, 2.05) is 6.07 Å². The van der Waals surface area contributed by atoms with E-state index >= 15 is 0 Å². The molecular weight excluding hydrogens is 310 g/mol. The van der Waals surface area contributed by atoms with Crippen LogP contribution in [-0.2, 0) is 17.8 Å². The molecule has 0 fully saturated rings. The Morgan fingerprint density at radius 1 is 1.58 bits per heavy atom. The lowest BCUT2D eigenvalue weighted by molar-refractivity contribution is -0.127. The minimum absolute atomic E-state index is 0.00249. The van der Waals surface area contributed by atoms with Crippen LogP contribution in [0.25, 0.3) is 0 Å². The monoisotopic (exact) mass is 327 g/mol. The maximum Gasteiger partial charge on any atom is 0.233 e. The Morgan fingerprint density at radius 3 is 2.79 bits per heavy atom. The molecule has 0 aliphatic rings. The molecule has 0 bridgehead atoms. The fourth-order valence-corrected chi connectivity index (χ4v) is 2.18. The number of phenols is 1. The van der Waals surface area contributed by atoms with Gasteiger partial charge in [0.15, 0.2) is 11.5 Å². The van der Waals surface area contributed by atoms with Crippen LogP contribution in [0.15, 0.2) is 24.8 Å². The summed E-state index contributed by atoms with van der Waals surface area (Å²) in [6.45, 7) is 4.13. The standard InChI is InChI=1S/C14H18BrNO3/c1-4-5-11-6-10(7-12(19-3)14(11)18)9-16(2)13(17)8-15/h4,6-7,18H,1,5,8-9H2,2-3H3. The fraction of sp³-hybridized carbons (Fsp3) is 0.357. The predicted molar refractivity (Wildman–Crippen MR) is 78.8 cm³/mol. The number of benzene rings is 1. The zero-order chi connectivity index (χ0) is 14.4. The van der Waals surface area contributed by atoms with Gasteiger partial charge in [0, 0.05) is 19.2 Å². The summed E-state index contributed by atoms with van der Waals surface area (Å²) in [5.74, 6) is 0.534. The van der Waals surface area contributed by atoms with Crippen molar-refractivity contribution in [3.8, 4) is 11.5 Å². The van der Waals surface area contributed by atoms with Crippen LogP contribution < -0.4 is 4.74 Å². The van der Waals surface area contributed by atoms with Crippen molar-refractivity contribution in [2.45, 2.75) is 13.0 Å². The number of nitrogens with zero attached hydrogens (tertiary/aromatic N) is 1. The van der Waals surface area contributed by atoms with Crippen molar-refractivity contribution in [2.24, 2.45) is 0 Å². The van der Waals surface area contributed by atoms with E-state index in [2.05, 4.69) is 22.5 Å². The molecule has 1 N–H and O–H groups in total. The first-order valence-electron chi connectivity index (χ1n) is 5.83. The number of halogens is 1. The molecule has 1 aromatic rings. The Hall–Kier alpha value is -1.49. The van der Waals surface area contributed by atoms with Crippen LogP contribution in [0.3, 0.4) is 0 Å². The molecule has 19 heavy (non-hydrogen) atoms. The zero-order valence-corrected chi connectivity index (χ0v) is 12.7. The molecule has 0 spiro atoms. The number of phenolic OH excluding ortho intramolecular Hbond substituents is 1. The van der Waals surface area contributed by atoms with Gasteiger partial charge in [0.05, 0.1) is 12.4 Å². The lowest BCUT2D eigenvalue weighted by Gasteiger charge is -2.18. The predicted octanol–water partition coefficient (Wildman–Crippen LogP) is 2.48. The van der Waals surface area contributed by atoms with Crippen molar-refractivity contribution in [3.63, 3.8) is 0 Å². The third-order valence-corrected chi connectivity index (χ3v) is 3.24. The number of rotatable bonds is 6. The quantitative estimate of drug-likeness (QED) is 0.645. The van der Waals surface area contributed by atoms with Crippen molar-refractivity contribution >= 4 is 21.8 Å². The van der Waals surface area contributed by atoms with E-state index in [9.17, 15) is 9.90 Å². The minimum atomic E-state index is -0.00249. The normalized spacial score (nSPS) is 10.1. The van der Waals surface area contributed by atoms with Gasteiger partial charge in [-0.25, -0.2) is 0 Å². The largest absolute Gasteiger partial charge is 0.504 e. The zero-order valence-electron chi connectivity index (χ0n) is 11.1. The molecule has 1 aromatic carbocycles. The van der Waals surface area contributed by atoms with Gasteiger partial charge in [-0.1, -0.05) is 22.0 Å². The average Bonchev–Trinajstić information content (AvgIpc) is 2.41. The molecule has 0 radical (unpaired) electrons. The van der Waals surface area contributed by atoms with Gasteiger partial charge in [0.25, 0.3) is 0 Å². The van der Waals surface area contributed by atoms with Crippen molar-refractivity contribution in [1.29, 1.82) is 0 Å². The number of carbonyl (C=O) groups excluding carboxylic acids is 1. The fourth-order valence-electron chi connectivity index (χ4n) is 1.75. The first-order valence-corrected chi connectivity index (χ1v) is 6.95. The lowest BCUT2D eigenvalue weighted by Crippen LogP contribution is -2.27. The molecule has 4 nitrogen and oxygen atoms in total. The number of aromatic hydroxyl groups is 1. The number of methoxy groups -OCH3 is 1. The smallest absolute Gasteiger partial charge is 0.233 e. The Bertz CT molecular complexity index is 474. The van der Waals surface area contributed by atoms with Gasteiger partial charge in [-0.2, -0.15) is 0 Å². The second-order valence-electron chi connectivity index (χ2n) is 4.18. The summed E-state index contributed by atoms with van der Waals surface area (Å²) in [5.41, 5.74) is 1.65. The molecule has 1 rings (SSSR count). The van der Waals surface area contributed by atoms with Gasteiger partial charge in [0.2, 0.25) is 5.91 Å². The number of ether oxygens (including phenoxy) is 1. The highest BCUT2D eigenvalue weighted by atomic mass is 79.9. The summed E-state index contributed by atoms with van der Waals surface area (Å²) >= 11 is 3.14. The van der Waals surface area contributed by atoms with Crippen LogP contribution in [0.1, 0.15) is 11.1 Å². The highest BCUT2D eigenvalue weighted by Crippen LogP contribution is 2.32. The van der Waals surface area contributed by atoms with Crippen LogP contribution in [0, 0.1) is 0 Å². The van der Waals surface area contributed by atoms with E-state index in [0.29, 0.717) is 18.7 Å². The molecule has 0 aromatic heterocycles. The Labute approximate surface area is 121 Å². The van der Waals surface area contributed by atoms with Gasteiger partial charge < -0.3 is 14.7 Å². The van der Waals surface area contributed by atoms with Gasteiger partial charge in [-0.05, 0) is 24.1 Å². The lowest BCUT2D eigenvalue weighted by atomic mass is 10.1. The average molecular weight is 328 g/mol. The van der Waals surface area contributed by atoms with Crippen LogP contribution in [-0.4, -0.2) is 35.4 Å². The third-order valence-electron chi connectivity index (χ3n) is 2.76. The minimum Gasteiger partial charge on any atom is -0.504 e. The molecule has 5 heteroatoms.